The minimum Gasteiger partial charge on any atom is -0.258 e. The highest BCUT2D eigenvalue weighted by molar-refractivity contribution is 6.00. The molecule has 164 valence electrons. The van der Waals surface area contributed by atoms with E-state index in [2.05, 4.69) is 10.2 Å². The predicted octanol–water partition coefficient (Wildman–Crippen LogP) is -0.226. The van der Waals surface area contributed by atoms with Gasteiger partial charge in [-0.1, -0.05) is 53.2 Å². The van der Waals surface area contributed by atoms with E-state index in [1.54, 1.807) is 12.1 Å². The van der Waals surface area contributed by atoms with Gasteiger partial charge in [-0.2, -0.15) is 0 Å². The van der Waals surface area contributed by atoms with E-state index in [4.69, 9.17) is 18.6 Å². The van der Waals surface area contributed by atoms with Crippen LogP contribution >= 0.6 is 0 Å². The number of para-hydroxylation sites is 2. The molecule has 0 aromatic heterocycles. The zero-order chi connectivity index (χ0) is 23.1. The fourth-order valence-electron chi connectivity index (χ4n) is 2.79. The maximum Gasteiger partial charge on any atom is 0.270 e. The van der Waals surface area contributed by atoms with Gasteiger partial charge in [-0.25, -0.2) is 23.6 Å². The van der Waals surface area contributed by atoms with Crippen LogP contribution in [0.25, 0.3) is 0 Å². The average molecular weight is 458 g/mol. The first-order chi connectivity index (χ1) is 15.2. The summed E-state index contributed by atoms with van der Waals surface area (Å²) < 4.78 is 35.8. The average Bonchev–Trinajstić information content (AvgIpc) is 2.79. The van der Waals surface area contributed by atoms with Gasteiger partial charge < -0.3 is 0 Å². The third-order valence-electron chi connectivity index (χ3n) is 4.12. The van der Waals surface area contributed by atoms with Crippen molar-refractivity contribution < 1.29 is 38.5 Å². The number of non-ortho nitro benzene ring substituents is 1. The molecule has 12 heteroatoms. The van der Waals surface area contributed by atoms with Gasteiger partial charge in [0, 0.05) is 34.9 Å². The number of nitro benzene ring substituents is 1. The number of rotatable bonds is 4. The van der Waals surface area contributed by atoms with Crippen molar-refractivity contribution in [2.24, 2.45) is 10.2 Å². The topological polar surface area (TPSA) is 166 Å². The summed E-state index contributed by atoms with van der Waals surface area (Å²) in [5.74, 6) is 0.414. The van der Waals surface area contributed by atoms with Crippen LogP contribution in [0.3, 0.4) is 0 Å². The Morgan fingerprint density at radius 3 is 2.06 bits per heavy atom. The first-order valence-electron chi connectivity index (χ1n) is 9.03. The van der Waals surface area contributed by atoms with E-state index < -0.39 is 15.2 Å². The van der Waals surface area contributed by atoms with E-state index in [1.165, 1.54) is 12.1 Å². The number of nitrogens with zero attached hydrogens (tertiary/aromatic N) is 5. The van der Waals surface area contributed by atoms with Gasteiger partial charge in [-0.3, -0.25) is 10.1 Å². The summed E-state index contributed by atoms with van der Waals surface area (Å²) in [6.45, 7) is 0.437. The van der Waals surface area contributed by atoms with Gasteiger partial charge >= 0.3 is 0 Å². The Kier molecular flexibility index (Phi) is 7.20. The van der Waals surface area contributed by atoms with Crippen LogP contribution in [0.1, 0.15) is 5.56 Å². The van der Waals surface area contributed by atoms with Gasteiger partial charge in [0.15, 0.2) is 0 Å². The minimum atomic E-state index is -4.94. The highest BCUT2D eigenvalue weighted by Gasteiger charge is 2.26. The summed E-state index contributed by atoms with van der Waals surface area (Å²) in [7, 11) is -4.94. The molecule has 0 amide bonds. The van der Waals surface area contributed by atoms with Crippen LogP contribution in [0.15, 0.2) is 95.1 Å². The molecule has 4 rings (SSSR count). The number of azo groups is 2. The normalized spacial score (nSPS) is 13.4. The van der Waals surface area contributed by atoms with Gasteiger partial charge in [-0.05, 0) is 12.1 Å². The molecule has 0 bridgehead atoms. The Labute approximate surface area is 184 Å². The Morgan fingerprint density at radius 2 is 1.47 bits per heavy atom. The number of nitro groups is 1. The molecule has 0 radical (unpaired) electrons. The lowest BCUT2D eigenvalue weighted by Gasteiger charge is -2.20. The number of hydrogen-bond donors (Lipinski definition) is 0. The lowest BCUT2D eigenvalue weighted by atomic mass is 10.2. The molecule has 0 N–H and O–H groups in total. The van der Waals surface area contributed by atoms with Crippen molar-refractivity contribution in [2.45, 2.75) is 0 Å². The maximum absolute atomic E-state index is 11.1. The fraction of sp³-hybridized carbons (Fsp3) is 0.0500. The molecule has 1 heterocycles. The molecule has 3 aromatic rings. The van der Waals surface area contributed by atoms with E-state index in [1.807, 2.05) is 70.4 Å². The smallest absolute Gasteiger partial charge is 0.258 e. The molecule has 11 nitrogen and oxygen atoms in total. The van der Waals surface area contributed by atoms with Gasteiger partial charge in [0.05, 0.1) is 10.6 Å². The van der Waals surface area contributed by atoms with Crippen molar-refractivity contribution in [1.29, 1.82) is 0 Å². The van der Waals surface area contributed by atoms with Gasteiger partial charge in [-0.15, -0.1) is 15.3 Å². The van der Waals surface area contributed by atoms with Gasteiger partial charge in [0.1, 0.15) is 0 Å². The van der Waals surface area contributed by atoms with Crippen molar-refractivity contribution in [3.8, 4) is 0 Å². The maximum atomic E-state index is 11.1. The molecule has 0 saturated carbocycles. The number of hydrazone groups is 1. The monoisotopic (exact) mass is 457 g/mol. The van der Waals surface area contributed by atoms with E-state index >= 15 is 0 Å². The molecule has 1 aliphatic rings. The van der Waals surface area contributed by atoms with E-state index in [0.29, 0.717) is 18.1 Å². The molecule has 0 spiro atoms. The molecule has 0 unspecified atom stereocenters. The van der Waals surface area contributed by atoms with Crippen LogP contribution in [-0.4, -0.2) is 22.1 Å². The highest BCUT2D eigenvalue weighted by atomic mass is 35.7. The van der Waals surface area contributed by atoms with Gasteiger partial charge in [0.25, 0.3) is 12.4 Å². The number of amidine groups is 1. The summed E-state index contributed by atoms with van der Waals surface area (Å²) in [5, 5.41) is 22.2. The zero-order valence-corrected chi connectivity index (χ0v) is 17.1. The third-order valence-corrected chi connectivity index (χ3v) is 4.12. The zero-order valence-electron chi connectivity index (χ0n) is 16.4. The van der Waals surface area contributed by atoms with Crippen LogP contribution < -0.4 is 23.6 Å². The molecular weight excluding hydrogens is 442 g/mol. The van der Waals surface area contributed by atoms with E-state index in [9.17, 15) is 10.1 Å². The molecule has 3 aromatic carbocycles. The first kappa shape index (κ1) is 22.9. The van der Waals surface area contributed by atoms with Crippen molar-refractivity contribution in [2.75, 3.05) is 11.7 Å². The molecule has 0 fully saturated rings. The van der Waals surface area contributed by atoms with Crippen molar-refractivity contribution in [3.05, 3.63) is 101 Å². The van der Waals surface area contributed by atoms with Crippen LogP contribution in [0.2, 0.25) is 0 Å². The lowest BCUT2D eigenvalue weighted by molar-refractivity contribution is -2.00. The third kappa shape index (κ3) is 6.63. The molecule has 32 heavy (non-hydrogen) atoms. The molecule has 0 aliphatic carbocycles. The standard InChI is InChI=1S/C20H16N5O2.ClHO4/c26-25(27)19-13-7-8-16(14-19)20-21-23(17-9-3-1-4-10-17)15-24(22-20)18-11-5-2-6-12-18;2-1(3,4)5/h1-14H,15H2;(H,2,3,4,5)/q+1;/p-1. The highest BCUT2D eigenvalue weighted by Crippen LogP contribution is 2.23. The number of anilines is 1. The molecule has 0 saturated heterocycles. The largest absolute Gasteiger partial charge is 0.270 e. The van der Waals surface area contributed by atoms with Crippen LogP contribution in [0.5, 0.6) is 0 Å². The summed E-state index contributed by atoms with van der Waals surface area (Å²) in [4.78, 5) is 10.7. The minimum absolute atomic E-state index is 0.00787. The summed E-state index contributed by atoms with van der Waals surface area (Å²) in [5.41, 5.74) is 2.42. The fourth-order valence-corrected chi connectivity index (χ4v) is 2.79. The van der Waals surface area contributed by atoms with Crippen LogP contribution in [0.4, 0.5) is 17.1 Å². The van der Waals surface area contributed by atoms with E-state index in [0.717, 1.165) is 11.4 Å². The first-order valence-corrected chi connectivity index (χ1v) is 10.3. The Bertz CT molecular complexity index is 1130. The van der Waals surface area contributed by atoms with Gasteiger partial charge in [0.2, 0.25) is 11.5 Å². The van der Waals surface area contributed by atoms with Crippen molar-refractivity contribution in [3.63, 3.8) is 0 Å². The number of halogens is 1. The van der Waals surface area contributed by atoms with Crippen LogP contribution in [0, 0.1) is 20.4 Å². The van der Waals surface area contributed by atoms with Crippen molar-refractivity contribution >= 4 is 22.9 Å². The SMILES string of the molecule is O=[N+]([O-])c1cccc(C2=NN(c3ccccc3)C[N+](c3ccccc3)=N2)c1.[O-][Cl+3]([O-])([O-])[O-]. The molecule has 0 atom stereocenters. The quantitative estimate of drug-likeness (QED) is 0.296. The second kappa shape index (κ2) is 10.0. The molecular formula is C20H16ClN5O6. The lowest BCUT2D eigenvalue weighted by Crippen LogP contribution is -2.68. The Morgan fingerprint density at radius 1 is 0.875 bits per heavy atom. The Balaban J connectivity index is 0.000000523. The predicted molar refractivity (Wildman–Crippen MR) is 102 cm³/mol. The molecule has 1 aliphatic heterocycles. The second-order valence-corrected chi connectivity index (χ2v) is 7.08. The summed E-state index contributed by atoms with van der Waals surface area (Å²) in [6.07, 6.45) is 0. The van der Waals surface area contributed by atoms with Crippen molar-refractivity contribution in [1.82, 2.24) is 0 Å². The number of benzene rings is 3. The second-order valence-electron chi connectivity index (χ2n) is 6.32. The van der Waals surface area contributed by atoms with Crippen LogP contribution in [-0.2, 0) is 0 Å². The summed E-state index contributed by atoms with van der Waals surface area (Å²) >= 11 is 0. The van der Waals surface area contributed by atoms with E-state index in [-0.39, 0.29) is 5.69 Å². The number of hydrogen-bond acceptors (Lipinski definition) is 9. The Hall–Kier alpha value is -3.74. The summed E-state index contributed by atoms with van der Waals surface area (Å²) in [6, 6.07) is 25.8.